The summed E-state index contributed by atoms with van der Waals surface area (Å²) >= 11 is 0. The Balaban J connectivity index is 1.40. The van der Waals surface area contributed by atoms with Crippen LogP contribution in [0.5, 0.6) is 0 Å². The number of anilines is 3. The van der Waals surface area contributed by atoms with Gasteiger partial charge in [0.2, 0.25) is 17.8 Å². The summed E-state index contributed by atoms with van der Waals surface area (Å²) in [5.41, 5.74) is 1.86. The molecular formula is C31H27F3N6O3. The van der Waals surface area contributed by atoms with E-state index in [1.54, 1.807) is 30.5 Å². The van der Waals surface area contributed by atoms with E-state index in [9.17, 15) is 22.8 Å². The Morgan fingerprint density at radius 2 is 1.67 bits per heavy atom. The number of ether oxygens (including phenoxy) is 1. The molecule has 0 atom stereocenters. The van der Waals surface area contributed by atoms with Gasteiger partial charge < -0.3 is 15.0 Å². The zero-order valence-electron chi connectivity index (χ0n) is 23.1. The van der Waals surface area contributed by atoms with E-state index in [1.165, 1.54) is 37.4 Å². The maximum absolute atomic E-state index is 13.2. The monoisotopic (exact) mass is 588 g/mol. The van der Waals surface area contributed by atoms with Crippen molar-refractivity contribution in [2.45, 2.75) is 13.1 Å². The highest BCUT2D eigenvalue weighted by atomic mass is 19.4. The first-order chi connectivity index (χ1) is 20.7. The molecule has 1 aliphatic heterocycles. The van der Waals surface area contributed by atoms with E-state index < -0.39 is 17.6 Å². The lowest BCUT2D eigenvalue weighted by Gasteiger charge is -2.27. The predicted molar refractivity (Wildman–Crippen MR) is 157 cm³/mol. The molecule has 0 aliphatic carbocycles. The van der Waals surface area contributed by atoms with E-state index in [0.29, 0.717) is 59.6 Å². The molecule has 12 heteroatoms. The number of nitrogens with zero attached hydrogens (tertiary/aromatic N) is 4. The quantitative estimate of drug-likeness (QED) is 0.218. The van der Waals surface area contributed by atoms with E-state index in [4.69, 9.17) is 4.74 Å². The molecule has 220 valence electrons. The van der Waals surface area contributed by atoms with E-state index in [0.717, 1.165) is 18.0 Å². The second-order valence-corrected chi connectivity index (χ2v) is 9.63. The van der Waals surface area contributed by atoms with Crippen molar-refractivity contribution in [2.75, 3.05) is 41.8 Å². The highest BCUT2D eigenvalue weighted by Gasteiger charge is 2.30. The second-order valence-electron chi connectivity index (χ2n) is 9.63. The first kappa shape index (κ1) is 29.4. The molecule has 1 fully saturated rings. The smallest absolute Gasteiger partial charge is 0.378 e. The van der Waals surface area contributed by atoms with Crippen molar-refractivity contribution < 1.29 is 27.5 Å². The van der Waals surface area contributed by atoms with Crippen LogP contribution in [0, 0.1) is 0 Å². The number of carbonyl (C=O) groups is 2. The standard InChI is InChI=1S/C31H27F3N6O3/c1-20(41)37-30-36-19-23-4-2-6-26(29(23)39-30)38-28(42)7-3-5-25(21-8-11-24(12-9-21)31(32,33)34)22-10-13-27(35-18-22)40-14-16-43-17-15-40/h2-13,18-19H,14-17H2,1H3,(H,38,42)(H,36,37,39,41)/b7-3+,25-5-. The summed E-state index contributed by atoms with van der Waals surface area (Å²) in [7, 11) is 0. The van der Waals surface area contributed by atoms with Crippen molar-refractivity contribution in [3.05, 3.63) is 102 Å². The first-order valence-electron chi connectivity index (χ1n) is 13.4. The number of hydrogen-bond acceptors (Lipinski definition) is 7. The minimum absolute atomic E-state index is 0.106. The van der Waals surface area contributed by atoms with Gasteiger partial charge in [-0.1, -0.05) is 36.4 Å². The van der Waals surface area contributed by atoms with Crippen LogP contribution < -0.4 is 15.5 Å². The molecular weight excluding hydrogens is 561 g/mol. The molecule has 4 aromatic rings. The van der Waals surface area contributed by atoms with Gasteiger partial charge in [-0.05, 0) is 41.5 Å². The number of hydrogen-bond donors (Lipinski definition) is 2. The highest BCUT2D eigenvalue weighted by molar-refractivity contribution is 6.05. The number of carbonyl (C=O) groups excluding carboxylic acids is 2. The van der Waals surface area contributed by atoms with Crippen molar-refractivity contribution in [1.82, 2.24) is 15.0 Å². The highest BCUT2D eigenvalue weighted by Crippen LogP contribution is 2.32. The van der Waals surface area contributed by atoms with E-state index in [2.05, 4.69) is 30.5 Å². The number of halogens is 3. The van der Waals surface area contributed by atoms with Crippen LogP contribution in [0.2, 0.25) is 0 Å². The Morgan fingerprint density at radius 3 is 2.35 bits per heavy atom. The van der Waals surface area contributed by atoms with Gasteiger partial charge in [0.25, 0.3) is 0 Å². The number of morpholine rings is 1. The van der Waals surface area contributed by atoms with Gasteiger partial charge in [-0.3, -0.25) is 14.9 Å². The molecule has 0 bridgehead atoms. The molecule has 2 amide bonds. The Labute approximate surface area is 245 Å². The van der Waals surface area contributed by atoms with E-state index in [1.807, 2.05) is 12.1 Å². The van der Waals surface area contributed by atoms with Gasteiger partial charge in [-0.15, -0.1) is 0 Å². The van der Waals surface area contributed by atoms with Crippen LogP contribution in [-0.2, 0) is 20.5 Å². The van der Waals surface area contributed by atoms with Crippen LogP contribution in [0.1, 0.15) is 23.6 Å². The van der Waals surface area contributed by atoms with Gasteiger partial charge in [0, 0.05) is 49.4 Å². The number of aromatic nitrogens is 3. The lowest BCUT2D eigenvalue weighted by atomic mass is 9.97. The summed E-state index contributed by atoms with van der Waals surface area (Å²) in [5, 5.41) is 5.95. The molecule has 9 nitrogen and oxygen atoms in total. The molecule has 2 aromatic heterocycles. The lowest BCUT2D eigenvalue weighted by molar-refractivity contribution is -0.137. The normalized spacial score (nSPS) is 14.2. The molecule has 2 N–H and O–H groups in total. The largest absolute Gasteiger partial charge is 0.416 e. The minimum atomic E-state index is -4.46. The van der Waals surface area contributed by atoms with Crippen molar-refractivity contribution in [2.24, 2.45) is 0 Å². The van der Waals surface area contributed by atoms with Crippen molar-refractivity contribution in [3.63, 3.8) is 0 Å². The Hall–Kier alpha value is -5.10. The number of pyridine rings is 1. The van der Waals surface area contributed by atoms with E-state index in [-0.39, 0.29) is 11.9 Å². The topological polar surface area (TPSA) is 109 Å². The SMILES string of the molecule is CC(=O)Nc1ncc2cccc(NC(=O)/C=C/C=C(/c3ccc(C(F)(F)F)cc3)c3ccc(N4CCOCC4)nc3)c2n1. The van der Waals surface area contributed by atoms with Crippen molar-refractivity contribution in [1.29, 1.82) is 0 Å². The molecule has 0 unspecified atom stereocenters. The fourth-order valence-electron chi connectivity index (χ4n) is 4.50. The molecule has 1 aliphatic rings. The molecule has 5 rings (SSSR count). The molecule has 0 saturated carbocycles. The molecule has 3 heterocycles. The average Bonchev–Trinajstić information content (AvgIpc) is 3.00. The summed E-state index contributed by atoms with van der Waals surface area (Å²) in [6, 6.07) is 13.7. The third-order valence-corrected chi connectivity index (χ3v) is 6.58. The number of rotatable bonds is 7. The van der Waals surface area contributed by atoms with Crippen LogP contribution in [-0.4, -0.2) is 53.1 Å². The van der Waals surface area contributed by atoms with Gasteiger partial charge in [0.05, 0.1) is 30.0 Å². The van der Waals surface area contributed by atoms with Crippen molar-refractivity contribution in [3.8, 4) is 0 Å². The number of amides is 2. The maximum atomic E-state index is 13.2. The van der Waals surface area contributed by atoms with Crippen LogP contribution in [0.15, 0.2) is 85.2 Å². The predicted octanol–water partition coefficient (Wildman–Crippen LogP) is 5.47. The molecule has 0 spiro atoms. The third kappa shape index (κ3) is 7.41. The van der Waals surface area contributed by atoms with Gasteiger partial charge in [0.15, 0.2) is 0 Å². The Morgan fingerprint density at radius 1 is 0.930 bits per heavy atom. The van der Waals surface area contributed by atoms with Gasteiger partial charge in [-0.25, -0.2) is 15.0 Å². The number of nitrogens with one attached hydrogen (secondary N) is 2. The number of allylic oxidation sites excluding steroid dienone is 2. The molecule has 1 saturated heterocycles. The number of alkyl halides is 3. The zero-order chi connectivity index (χ0) is 30.4. The van der Waals surface area contributed by atoms with Gasteiger partial charge in [-0.2, -0.15) is 13.2 Å². The van der Waals surface area contributed by atoms with Crippen LogP contribution >= 0.6 is 0 Å². The maximum Gasteiger partial charge on any atom is 0.416 e. The number of para-hydroxylation sites is 1. The van der Waals surface area contributed by atoms with Crippen LogP contribution in [0.4, 0.5) is 30.6 Å². The summed E-state index contributed by atoms with van der Waals surface area (Å²) in [5.74, 6) is 0.0882. The fourth-order valence-corrected chi connectivity index (χ4v) is 4.50. The zero-order valence-corrected chi connectivity index (χ0v) is 23.1. The summed E-state index contributed by atoms with van der Waals surface area (Å²) < 4.78 is 45.0. The van der Waals surface area contributed by atoms with Gasteiger partial charge >= 0.3 is 6.18 Å². The second kappa shape index (κ2) is 12.8. The number of fused-ring (bicyclic) bond motifs is 1. The van der Waals surface area contributed by atoms with Crippen LogP contribution in [0.25, 0.3) is 16.5 Å². The van der Waals surface area contributed by atoms with Crippen LogP contribution in [0.3, 0.4) is 0 Å². The van der Waals surface area contributed by atoms with E-state index >= 15 is 0 Å². The molecule has 0 radical (unpaired) electrons. The minimum Gasteiger partial charge on any atom is -0.378 e. The van der Waals surface area contributed by atoms with Crippen molar-refractivity contribution >= 4 is 45.7 Å². The Kier molecular flexibility index (Phi) is 8.77. The molecule has 43 heavy (non-hydrogen) atoms. The summed E-state index contributed by atoms with van der Waals surface area (Å²) in [4.78, 5) is 39.3. The fraction of sp³-hybridized carbons (Fsp3) is 0.194. The third-order valence-electron chi connectivity index (χ3n) is 6.58. The first-order valence-corrected chi connectivity index (χ1v) is 13.4. The Bertz CT molecular complexity index is 1680. The number of benzene rings is 2. The average molecular weight is 589 g/mol. The summed E-state index contributed by atoms with van der Waals surface area (Å²) in [6.07, 6.45) is 3.20. The molecule has 2 aromatic carbocycles. The van der Waals surface area contributed by atoms with Gasteiger partial charge in [0.1, 0.15) is 5.82 Å². The summed E-state index contributed by atoms with van der Waals surface area (Å²) in [6.45, 7) is 3.98. The lowest BCUT2D eigenvalue weighted by Crippen LogP contribution is -2.36.